The highest BCUT2D eigenvalue weighted by molar-refractivity contribution is 5.09. The van der Waals surface area contributed by atoms with Gasteiger partial charge in [0.2, 0.25) is 0 Å². The molecule has 0 bridgehead atoms. The van der Waals surface area contributed by atoms with E-state index in [4.69, 9.17) is 14.2 Å². The molecule has 3 heteroatoms. The third kappa shape index (κ3) is 2.27. The van der Waals surface area contributed by atoms with Gasteiger partial charge in [0, 0.05) is 33.7 Å². The van der Waals surface area contributed by atoms with E-state index in [9.17, 15) is 0 Å². The normalized spacial score (nSPS) is 50.0. The molecule has 138 valence electrons. The standard InChI is InChI=1S/C21H36O3/c1-5-20-11-12-21(22-3,23-4)14-15(20)6-7-16-17-9-13-24-19(17,2)10-8-18(16)20/h15-18H,5-14H2,1-4H3. The van der Waals surface area contributed by atoms with Gasteiger partial charge in [0.25, 0.3) is 0 Å². The second kappa shape index (κ2) is 5.96. The fraction of sp³-hybridized carbons (Fsp3) is 1.00. The monoisotopic (exact) mass is 336 g/mol. The number of fused-ring (bicyclic) bond motifs is 5. The zero-order valence-corrected chi connectivity index (χ0v) is 16.1. The lowest BCUT2D eigenvalue weighted by molar-refractivity contribution is -0.265. The van der Waals surface area contributed by atoms with Gasteiger partial charge < -0.3 is 14.2 Å². The van der Waals surface area contributed by atoms with Gasteiger partial charge in [-0.1, -0.05) is 6.92 Å². The first kappa shape index (κ1) is 17.3. The Kier molecular flexibility index (Phi) is 4.29. The van der Waals surface area contributed by atoms with Gasteiger partial charge in [-0.2, -0.15) is 0 Å². The maximum atomic E-state index is 6.22. The molecule has 1 aliphatic heterocycles. The summed E-state index contributed by atoms with van der Waals surface area (Å²) in [6.07, 6.45) is 11.4. The highest BCUT2D eigenvalue weighted by Crippen LogP contribution is 2.65. The van der Waals surface area contributed by atoms with Crippen LogP contribution in [-0.2, 0) is 14.2 Å². The molecule has 6 unspecified atom stereocenters. The lowest BCUT2D eigenvalue weighted by atomic mass is 9.44. The number of hydrogen-bond acceptors (Lipinski definition) is 3. The van der Waals surface area contributed by atoms with Crippen LogP contribution in [0.5, 0.6) is 0 Å². The summed E-state index contributed by atoms with van der Waals surface area (Å²) in [5, 5.41) is 0. The first-order valence-corrected chi connectivity index (χ1v) is 10.3. The largest absolute Gasteiger partial charge is 0.375 e. The molecule has 4 rings (SSSR count). The molecular formula is C21H36O3. The molecule has 1 heterocycles. The van der Waals surface area contributed by atoms with E-state index in [0.29, 0.717) is 5.41 Å². The van der Waals surface area contributed by atoms with Crippen molar-refractivity contribution in [2.24, 2.45) is 29.1 Å². The fourth-order valence-corrected chi connectivity index (χ4v) is 7.57. The molecule has 4 aliphatic rings. The summed E-state index contributed by atoms with van der Waals surface area (Å²) in [4.78, 5) is 0. The van der Waals surface area contributed by atoms with E-state index in [2.05, 4.69) is 13.8 Å². The van der Waals surface area contributed by atoms with Crippen LogP contribution >= 0.6 is 0 Å². The summed E-state index contributed by atoms with van der Waals surface area (Å²) >= 11 is 0. The SMILES string of the molecule is CCC12CCC(OC)(OC)CC1CCC1C3CCOC3(C)CCC12. The lowest BCUT2D eigenvalue weighted by Crippen LogP contribution is -2.58. The van der Waals surface area contributed by atoms with Gasteiger partial charge in [-0.15, -0.1) is 0 Å². The van der Waals surface area contributed by atoms with E-state index in [1.807, 2.05) is 14.2 Å². The predicted molar refractivity (Wildman–Crippen MR) is 94.7 cm³/mol. The van der Waals surface area contributed by atoms with Gasteiger partial charge >= 0.3 is 0 Å². The molecule has 0 amide bonds. The van der Waals surface area contributed by atoms with Crippen molar-refractivity contribution >= 4 is 0 Å². The van der Waals surface area contributed by atoms with Crippen molar-refractivity contribution in [2.45, 2.75) is 83.0 Å². The van der Waals surface area contributed by atoms with Crippen LogP contribution in [-0.4, -0.2) is 32.2 Å². The minimum absolute atomic E-state index is 0.181. The second-order valence-corrected chi connectivity index (χ2v) is 9.25. The van der Waals surface area contributed by atoms with E-state index < -0.39 is 0 Å². The summed E-state index contributed by atoms with van der Waals surface area (Å²) in [6, 6.07) is 0. The predicted octanol–water partition coefficient (Wildman–Crippen LogP) is 4.79. The van der Waals surface area contributed by atoms with E-state index >= 15 is 0 Å². The third-order valence-electron chi connectivity index (χ3n) is 8.96. The van der Waals surface area contributed by atoms with Gasteiger partial charge in [0.05, 0.1) is 5.60 Å². The second-order valence-electron chi connectivity index (χ2n) is 9.25. The number of ether oxygens (including phenoxy) is 3. The zero-order chi connectivity index (χ0) is 17.0. The van der Waals surface area contributed by atoms with Gasteiger partial charge in [-0.05, 0) is 81.0 Å². The van der Waals surface area contributed by atoms with Crippen LogP contribution in [0.3, 0.4) is 0 Å². The van der Waals surface area contributed by atoms with Gasteiger partial charge in [-0.25, -0.2) is 0 Å². The summed E-state index contributed by atoms with van der Waals surface area (Å²) < 4.78 is 17.9. The summed E-state index contributed by atoms with van der Waals surface area (Å²) in [5.41, 5.74) is 0.702. The molecule has 3 nitrogen and oxygen atoms in total. The third-order valence-corrected chi connectivity index (χ3v) is 8.96. The molecule has 0 aromatic heterocycles. The molecule has 0 aromatic rings. The average molecular weight is 337 g/mol. The highest BCUT2D eigenvalue weighted by atomic mass is 16.7. The van der Waals surface area contributed by atoms with Crippen LogP contribution in [0, 0.1) is 29.1 Å². The van der Waals surface area contributed by atoms with Crippen molar-refractivity contribution in [3.8, 4) is 0 Å². The van der Waals surface area contributed by atoms with Gasteiger partial charge in [0.1, 0.15) is 0 Å². The molecular weight excluding hydrogens is 300 g/mol. The number of rotatable bonds is 3. The van der Waals surface area contributed by atoms with Gasteiger partial charge in [-0.3, -0.25) is 0 Å². The van der Waals surface area contributed by atoms with Crippen molar-refractivity contribution in [3.63, 3.8) is 0 Å². The first-order valence-electron chi connectivity index (χ1n) is 10.3. The van der Waals surface area contributed by atoms with Crippen LogP contribution in [0.15, 0.2) is 0 Å². The summed E-state index contributed by atoms with van der Waals surface area (Å²) in [6.45, 7) is 5.83. The molecule has 0 N–H and O–H groups in total. The van der Waals surface area contributed by atoms with E-state index in [-0.39, 0.29) is 11.4 Å². The van der Waals surface area contributed by atoms with Crippen LogP contribution in [0.2, 0.25) is 0 Å². The van der Waals surface area contributed by atoms with Crippen molar-refractivity contribution in [1.82, 2.24) is 0 Å². The van der Waals surface area contributed by atoms with E-state index in [1.54, 1.807) is 0 Å². The van der Waals surface area contributed by atoms with Crippen LogP contribution in [0.25, 0.3) is 0 Å². The minimum Gasteiger partial charge on any atom is -0.375 e. The Morgan fingerprint density at radius 3 is 2.46 bits per heavy atom. The molecule has 0 aromatic carbocycles. The molecule has 4 fully saturated rings. The smallest absolute Gasteiger partial charge is 0.167 e. The van der Waals surface area contributed by atoms with Gasteiger partial charge in [0.15, 0.2) is 5.79 Å². The van der Waals surface area contributed by atoms with Crippen LogP contribution in [0.1, 0.15) is 71.6 Å². The molecule has 1 saturated heterocycles. The summed E-state index contributed by atoms with van der Waals surface area (Å²) in [7, 11) is 3.66. The molecule has 3 saturated carbocycles. The van der Waals surface area contributed by atoms with E-state index in [1.165, 1.54) is 44.9 Å². The maximum absolute atomic E-state index is 6.22. The molecule has 0 spiro atoms. The zero-order valence-electron chi connectivity index (χ0n) is 16.1. The van der Waals surface area contributed by atoms with Crippen molar-refractivity contribution in [2.75, 3.05) is 20.8 Å². The van der Waals surface area contributed by atoms with Crippen molar-refractivity contribution in [1.29, 1.82) is 0 Å². The number of hydrogen-bond donors (Lipinski definition) is 0. The average Bonchev–Trinajstić information content (AvgIpc) is 3.02. The Labute approximate surface area is 147 Å². The topological polar surface area (TPSA) is 27.7 Å². The minimum atomic E-state index is -0.324. The van der Waals surface area contributed by atoms with Crippen LogP contribution in [0.4, 0.5) is 0 Å². The fourth-order valence-electron chi connectivity index (χ4n) is 7.57. The quantitative estimate of drug-likeness (QED) is 0.694. The Morgan fingerprint density at radius 2 is 1.75 bits per heavy atom. The van der Waals surface area contributed by atoms with Crippen molar-refractivity contribution in [3.05, 3.63) is 0 Å². The highest BCUT2D eigenvalue weighted by Gasteiger charge is 2.61. The lowest BCUT2D eigenvalue weighted by Gasteiger charge is -2.62. The molecule has 24 heavy (non-hydrogen) atoms. The Hall–Kier alpha value is -0.120. The Bertz CT molecular complexity index is 474. The van der Waals surface area contributed by atoms with Crippen LogP contribution < -0.4 is 0 Å². The summed E-state index contributed by atoms with van der Waals surface area (Å²) in [5.74, 6) is 3.03. The first-order chi connectivity index (χ1) is 11.5. The van der Waals surface area contributed by atoms with E-state index in [0.717, 1.165) is 43.1 Å². The molecule has 3 aliphatic carbocycles. The Balaban J connectivity index is 1.62. The number of methoxy groups -OCH3 is 2. The Morgan fingerprint density at radius 1 is 0.958 bits per heavy atom. The molecule has 6 atom stereocenters. The maximum Gasteiger partial charge on any atom is 0.167 e. The van der Waals surface area contributed by atoms with Crippen molar-refractivity contribution < 1.29 is 14.2 Å². The molecule has 0 radical (unpaired) electrons.